The van der Waals surface area contributed by atoms with Gasteiger partial charge >= 0.3 is 0 Å². The molecule has 3 rings (SSSR count). The minimum atomic E-state index is -0.663. The molecule has 128 valence electrons. The van der Waals surface area contributed by atoms with Crippen LogP contribution in [0.15, 0.2) is 41.1 Å². The summed E-state index contributed by atoms with van der Waals surface area (Å²) in [4.78, 5) is 16.8. The van der Waals surface area contributed by atoms with Crippen LogP contribution in [-0.2, 0) is 0 Å². The lowest BCUT2D eigenvalue weighted by molar-refractivity contribution is -0.385. The van der Waals surface area contributed by atoms with Crippen molar-refractivity contribution in [2.45, 2.75) is 44.2 Å². The van der Waals surface area contributed by atoms with E-state index in [-0.39, 0.29) is 11.7 Å². The Hall–Kier alpha value is -2.41. The van der Waals surface area contributed by atoms with E-state index in [4.69, 9.17) is 4.42 Å². The van der Waals surface area contributed by atoms with E-state index in [2.05, 4.69) is 9.88 Å². The smallest absolute Gasteiger partial charge is 0.287 e. The van der Waals surface area contributed by atoms with E-state index in [1.54, 1.807) is 24.5 Å². The number of hydrogen-bond donors (Lipinski definition) is 1. The van der Waals surface area contributed by atoms with Gasteiger partial charge in [0.2, 0.25) is 0 Å². The second-order valence-corrected chi connectivity index (χ2v) is 6.10. The van der Waals surface area contributed by atoms with E-state index in [1.165, 1.54) is 12.3 Å². The van der Waals surface area contributed by atoms with E-state index in [9.17, 15) is 15.2 Å². The summed E-state index contributed by atoms with van der Waals surface area (Å²) in [5, 5.41) is 21.2. The lowest BCUT2D eigenvalue weighted by atomic mass is 10.0. The monoisotopic (exact) mass is 331 g/mol. The number of nitrogens with zero attached hydrogens (tertiary/aromatic N) is 3. The maximum atomic E-state index is 10.8. The van der Waals surface area contributed by atoms with Gasteiger partial charge < -0.3 is 14.4 Å². The fraction of sp³-hybridized carbons (Fsp3) is 0.471. The van der Waals surface area contributed by atoms with Crippen molar-refractivity contribution < 1.29 is 14.4 Å². The second-order valence-electron chi connectivity index (χ2n) is 6.10. The second kappa shape index (κ2) is 7.44. The molecule has 1 aliphatic heterocycles. The molecule has 0 spiro atoms. The van der Waals surface area contributed by atoms with Crippen LogP contribution in [0, 0.1) is 10.1 Å². The van der Waals surface area contributed by atoms with Crippen molar-refractivity contribution in [1.29, 1.82) is 0 Å². The van der Waals surface area contributed by atoms with Crippen molar-refractivity contribution in [3.05, 3.63) is 52.6 Å². The van der Waals surface area contributed by atoms with Gasteiger partial charge in [-0.05, 0) is 31.0 Å². The average Bonchev–Trinajstić information content (AvgIpc) is 3.03. The van der Waals surface area contributed by atoms with Crippen molar-refractivity contribution in [2.75, 3.05) is 11.4 Å². The van der Waals surface area contributed by atoms with E-state index in [1.807, 2.05) is 0 Å². The molecule has 24 heavy (non-hydrogen) atoms. The third-order valence-electron chi connectivity index (χ3n) is 4.48. The van der Waals surface area contributed by atoms with Crippen LogP contribution in [0.4, 0.5) is 11.5 Å². The zero-order valence-corrected chi connectivity index (χ0v) is 13.4. The Labute approximate surface area is 140 Å². The van der Waals surface area contributed by atoms with Gasteiger partial charge in [-0.1, -0.05) is 12.8 Å². The van der Waals surface area contributed by atoms with Crippen molar-refractivity contribution >= 4 is 11.5 Å². The number of nitro groups is 1. The molecule has 3 heterocycles. The molecule has 1 aliphatic rings. The van der Waals surface area contributed by atoms with Crippen LogP contribution in [0.3, 0.4) is 0 Å². The fourth-order valence-electron chi connectivity index (χ4n) is 3.23. The molecule has 0 amide bonds. The van der Waals surface area contributed by atoms with Crippen LogP contribution in [-0.4, -0.2) is 27.6 Å². The van der Waals surface area contributed by atoms with Gasteiger partial charge in [0, 0.05) is 25.1 Å². The van der Waals surface area contributed by atoms with Gasteiger partial charge in [-0.2, -0.15) is 0 Å². The number of aliphatic hydroxyl groups excluding tert-OH is 1. The highest BCUT2D eigenvalue weighted by molar-refractivity contribution is 5.44. The topological polar surface area (TPSA) is 92.6 Å². The molecule has 0 aromatic carbocycles. The number of rotatable bonds is 5. The molecule has 2 aromatic rings. The van der Waals surface area contributed by atoms with Gasteiger partial charge in [0.25, 0.3) is 5.69 Å². The number of anilines is 1. The molecule has 1 N–H and O–H groups in total. The SMILES string of the molecule is O=[N+]([O-])c1ccc(N2CCCCCC2CC(O)c2ccco2)nc1. The molecule has 1 saturated heterocycles. The summed E-state index contributed by atoms with van der Waals surface area (Å²) >= 11 is 0. The number of aliphatic hydroxyl groups is 1. The van der Waals surface area contributed by atoms with Crippen LogP contribution in [0.25, 0.3) is 0 Å². The zero-order chi connectivity index (χ0) is 16.9. The first-order chi connectivity index (χ1) is 11.6. The van der Waals surface area contributed by atoms with Gasteiger partial charge in [-0.3, -0.25) is 10.1 Å². The quantitative estimate of drug-likeness (QED) is 0.666. The lowest BCUT2D eigenvalue weighted by Crippen LogP contribution is -2.36. The van der Waals surface area contributed by atoms with Crippen LogP contribution in [0.2, 0.25) is 0 Å². The van der Waals surface area contributed by atoms with Crippen LogP contribution < -0.4 is 4.90 Å². The van der Waals surface area contributed by atoms with Crippen LogP contribution >= 0.6 is 0 Å². The van der Waals surface area contributed by atoms with Crippen molar-refractivity contribution in [1.82, 2.24) is 4.98 Å². The molecule has 0 radical (unpaired) electrons. The van der Waals surface area contributed by atoms with Gasteiger partial charge in [0.05, 0.1) is 11.2 Å². The van der Waals surface area contributed by atoms with Crippen molar-refractivity contribution in [3.63, 3.8) is 0 Å². The summed E-state index contributed by atoms with van der Waals surface area (Å²) < 4.78 is 5.29. The minimum absolute atomic E-state index is 0.0132. The first kappa shape index (κ1) is 16.4. The fourth-order valence-corrected chi connectivity index (χ4v) is 3.23. The van der Waals surface area contributed by atoms with E-state index >= 15 is 0 Å². The molecule has 7 heteroatoms. The molecule has 0 aliphatic carbocycles. The molecule has 1 fully saturated rings. The Morgan fingerprint density at radius 2 is 2.25 bits per heavy atom. The minimum Gasteiger partial charge on any atom is -0.467 e. The number of aromatic nitrogens is 1. The van der Waals surface area contributed by atoms with E-state index in [0.29, 0.717) is 12.2 Å². The maximum absolute atomic E-state index is 10.8. The highest BCUT2D eigenvalue weighted by Gasteiger charge is 2.26. The van der Waals surface area contributed by atoms with Crippen molar-refractivity contribution in [3.8, 4) is 0 Å². The predicted octanol–water partition coefficient (Wildman–Crippen LogP) is 3.46. The Bertz CT molecular complexity index is 657. The predicted molar refractivity (Wildman–Crippen MR) is 88.8 cm³/mol. The summed E-state index contributed by atoms with van der Waals surface area (Å²) in [6.45, 7) is 0.834. The summed E-state index contributed by atoms with van der Waals surface area (Å²) in [5.74, 6) is 1.29. The van der Waals surface area contributed by atoms with Gasteiger partial charge in [-0.15, -0.1) is 0 Å². The van der Waals surface area contributed by atoms with Gasteiger partial charge in [0.1, 0.15) is 23.9 Å². The standard InChI is InChI=1S/C17H21N3O4/c21-15(16-6-4-10-24-16)11-13-5-2-1-3-9-19(13)17-8-7-14(12-18-17)20(22)23/h4,6-8,10,12-13,15,21H,1-3,5,9,11H2. The first-order valence-corrected chi connectivity index (χ1v) is 8.23. The lowest BCUT2D eigenvalue weighted by Gasteiger charge is -2.32. The largest absolute Gasteiger partial charge is 0.467 e. The third-order valence-corrected chi connectivity index (χ3v) is 4.48. The Morgan fingerprint density at radius 1 is 1.38 bits per heavy atom. The molecular formula is C17H21N3O4. The molecule has 7 nitrogen and oxygen atoms in total. The summed E-state index contributed by atoms with van der Waals surface area (Å²) in [5.41, 5.74) is -0.0132. The number of hydrogen-bond acceptors (Lipinski definition) is 6. The molecule has 2 atom stereocenters. The van der Waals surface area contributed by atoms with Crippen molar-refractivity contribution in [2.24, 2.45) is 0 Å². The van der Waals surface area contributed by atoms with E-state index in [0.717, 1.165) is 38.0 Å². The molecular weight excluding hydrogens is 310 g/mol. The number of furan rings is 1. The number of pyridine rings is 1. The summed E-state index contributed by atoms with van der Waals surface area (Å²) in [6, 6.07) is 6.83. The van der Waals surface area contributed by atoms with Gasteiger partial charge in [0.15, 0.2) is 0 Å². The van der Waals surface area contributed by atoms with E-state index < -0.39 is 11.0 Å². The summed E-state index contributed by atoms with van der Waals surface area (Å²) in [6.07, 6.45) is 6.97. The molecule has 0 bridgehead atoms. The Kier molecular flexibility index (Phi) is 5.10. The highest BCUT2D eigenvalue weighted by atomic mass is 16.6. The Balaban J connectivity index is 1.78. The van der Waals surface area contributed by atoms with Crippen LogP contribution in [0.1, 0.15) is 44.0 Å². The zero-order valence-electron chi connectivity index (χ0n) is 13.4. The Morgan fingerprint density at radius 3 is 2.92 bits per heavy atom. The highest BCUT2D eigenvalue weighted by Crippen LogP contribution is 2.30. The molecule has 2 unspecified atom stereocenters. The normalized spacial score (nSPS) is 19.7. The molecule has 2 aromatic heterocycles. The average molecular weight is 331 g/mol. The first-order valence-electron chi connectivity index (χ1n) is 8.23. The molecule has 0 saturated carbocycles. The van der Waals surface area contributed by atoms with Gasteiger partial charge in [-0.25, -0.2) is 4.98 Å². The summed E-state index contributed by atoms with van der Waals surface area (Å²) in [7, 11) is 0. The van der Waals surface area contributed by atoms with Crippen LogP contribution in [0.5, 0.6) is 0 Å². The third kappa shape index (κ3) is 3.73. The maximum Gasteiger partial charge on any atom is 0.287 e.